The first-order valence-electron chi connectivity index (χ1n) is 3.40. The number of nitrogens with zero attached hydrogens (tertiary/aromatic N) is 1. The lowest BCUT2D eigenvalue weighted by Gasteiger charge is -2.13. The molecule has 0 aliphatic heterocycles. The van der Waals surface area contributed by atoms with E-state index < -0.39 is 0 Å². The molecule has 0 aliphatic carbocycles. The minimum absolute atomic E-state index is 0.625. The predicted molar refractivity (Wildman–Crippen MR) is 49.0 cm³/mol. The van der Waals surface area contributed by atoms with Crippen molar-refractivity contribution in [1.82, 2.24) is 4.90 Å². The predicted octanol–water partition coefficient (Wildman–Crippen LogP) is 1.67. The third-order valence-electron chi connectivity index (χ3n) is 1.09. The summed E-state index contributed by atoms with van der Waals surface area (Å²) in [6, 6.07) is 0. The first-order valence-corrected chi connectivity index (χ1v) is 4.45. The molecule has 0 heterocycles. The lowest BCUT2D eigenvalue weighted by atomic mass is 10.6. The van der Waals surface area contributed by atoms with Gasteiger partial charge >= 0.3 is 0 Å². The molecule has 0 spiro atoms. The zero-order valence-electron chi connectivity index (χ0n) is 7.14. The molecule has 0 saturated heterocycles. The van der Waals surface area contributed by atoms with Crippen molar-refractivity contribution >= 4 is 17.6 Å². The lowest BCUT2D eigenvalue weighted by molar-refractivity contribution is 0.615. The van der Waals surface area contributed by atoms with Crippen LogP contribution in [-0.2, 0) is 0 Å². The smallest absolute Gasteiger partial charge is 0.105 e. The van der Waals surface area contributed by atoms with Crippen LogP contribution < -0.4 is 0 Å². The first kappa shape index (κ1) is 9.82. The monoisotopic (exact) mass is 160 g/mol. The highest BCUT2D eigenvalue weighted by molar-refractivity contribution is 8.00. The van der Waals surface area contributed by atoms with Crippen LogP contribution in [0.5, 0.6) is 0 Å². The molecule has 2 nitrogen and oxygen atoms in total. The van der Waals surface area contributed by atoms with Gasteiger partial charge in [0.15, 0.2) is 0 Å². The summed E-state index contributed by atoms with van der Waals surface area (Å²) in [4.78, 5) is 1.84. The van der Waals surface area contributed by atoms with Crippen molar-refractivity contribution < 1.29 is 0 Å². The molecule has 0 saturated carbocycles. The Labute approximate surface area is 67.5 Å². The summed E-state index contributed by atoms with van der Waals surface area (Å²) in [6.07, 6.45) is 0. The van der Waals surface area contributed by atoms with E-state index in [1.54, 1.807) is 11.8 Å². The summed E-state index contributed by atoms with van der Waals surface area (Å²) in [5, 5.41) is 8.07. The molecule has 10 heavy (non-hydrogen) atoms. The average Bonchev–Trinajstić information content (AvgIpc) is 1.82. The molecule has 0 amide bonds. The summed E-state index contributed by atoms with van der Waals surface area (Å²) in [5.74, 6) is 1.52. The van der Waals surface area contributed by atoms with E-state index in [9.17, 15) is 0 Å². The molecule has 0 fully saturated rings. The molecular weight excluding hydrogens is 144 g/mol. The molecule has 0 rings (SSSR count). The molecule has 0 radical (unpaired) electrons. The third kappa shape index (κ3) is 4.68. The van der Waals surface area contributed by atoms with Crippen LogP contribution in [0.3, 0.4) is 0 Å². The minimum atomic E-state index is 0.625. The summed E-state index contributed by atoms with van der Waals surface area (Å²) in [7, 11) is 3.81. The Kier molecular flexibility index (Phi) is 4.52. The standard InChI is InChI=1S/C7H16N2S/c1-6(2)10-5-7(8)9(3)4/h6,8H,5H2,1-4H3. The Balaban J connectivity index is 3.40. The summed E-state index contributed by atoms with van der Waals surface area (Å²) >= 11 is 1.80. The molecule has 0 aromatic rings. The maximum Gasteiger partial charge on any atom is 0.105 e. The van der Waals surface area contributed by atoms with Crippen LogP contribution >= 0.6 is 11.8 Å². The van der Waals surface area contributed by atoms with Gasteiger partial charge in [-0.1, -0.05) is 13.8 Å². The van der Waals surface area contributed by atoms with Gasteiger partial charge in [0.25, 0.3) is 0 Å². The number of amidine groups is 1. The van der Waals surface area contributed by atoms with Crippen LogP contribution in [0.4, 0.5) is 0 Å². The van der Waals surface area contributed by atoms with Crippen LogP contribution in [-0.4, -0.2) is 35.8 Å². The van der Waals surface area contributed by atoms with Crippen LogP contribution in [0.1, 0.15) is 13.8 Å². The van der Waals surface area contributed by atoms with Crippen molar-refractivity contribution in [2.75, 3.05) is 19.8 Å². The third-order valence-corrected chi connectivity index (χ3v) is 2.20. The van der Waals surface area contributed by atoms with Crippen LogP contribution in [0, 0.1) is 5.41 Å². The van der Waals surface area contributed by atoms with Crippen LogP contribution in [0.15, 0.2) is 0 Å². The van der Waals surface area contributed by atoms with E-state index in [0.717, 1.165) is 5.75 Å². The summed E-state index contributed by atoms with van der Waals surface area (Å²) in [5.41, 5.74) is 0. The second kappa shape index (κ2) is 4.61. The highest BCUT2D eigenvalue weighted by Crippen LogP contribution is 2.08. The molecular formula is C7H16N2S. The zero-order chi connectivity index (χ0) is 8.15. The van der Waals surface area contributed by atoms with E-state index in [1.165, 1.54) is 0 Å². The van der Waals surface area contributed by atoms with Gasteiger partial charge in [0.05, 0.1) is 5.75 Å². The number of hydrogen-bond acceptors (Lipinski definition) is 2. The van der Waals surface area contributed by atoms with E-state index in [1.807, 2.05) is 19.0 Å². The number of nitrogens with one attached hydrogen (secondary N) is 1. The fourth-order valence-corrected chi connectivity index (χ4v) is 1.12. The van der Waals surface area contributed by atoms with E-state index in [-0.39, 0.29) is 0 Å². The first-order chi connectivity index (χ1) is 4.54. The van der Waals surface area contributed by atoms with Crippen molar-refractivity contribution in [3.05, 3.63) is 0 Å². The van der Waals surface area contributed by atoms with Gasteiger partial charge in [-0.15, -0.1) is 0 Å². The Morgan fingerprint density at radius 2 is 2.00 bits per heavy atom. The molecule has 0 unspecified atom stereocenters. The summed E-state index contributed by atoms with van der Waals surface area (Å²) < 4.78 is 0. The Morgan fingerprint density at radius 3 is 2.30 bits per heavy atom. The number of rotatable bonds is 3. The van der Waals surface area contributed by atoms with E-state index in [0.29, 0.717) is 11.1 Å². The van der Waals surface area contributed by atoms with E-state index in [4.69, 9.17) is 5.41 Å². The van der Waals surface area contributed by atoms with Gasteiger partial charge in [-0.2, -0.15) is 11.8 Å². The Hall–Kier alpha value is -0.180. The normalized spacial score (nSPS) is 10.1. The Bertz CT molecular complexity index is 110. The van der Waals surface area contributed by atoms with Gasteiger partial charge in [0.1, 0.15) is 5.84 Å². The van der Waals surface area contributed by atoms with Gasteiger partial charge in [0.2, 0.25) is 0 Å². The van der Waals surface area contributed by atoms with Gasteiger partial charge in [-0.3, -0.25) is 5.41 Å². The highest BCUT2D eigenvalue weighted by Gasteiger charge is 2.00. The topological polar surface area (TPSA) is 27.1 Å². The maximum atomic E-state index is 7.44. The molecule has 0 aromatic carbocycles. The SMILES string of the molecule is CC(C)SCC(=N)N(C)C. The van der Waals surface area contributed by atoms with Crippen molar-refractivity contribution in [2.45, 2.75) is 19.1 Å². The molecule has 3 heteroatoms. The minimum Gasteiger partial charge on any atom is -0.366 e. The number of thioether (sulfide) groups is 1. The highest BCUT2D eigenvalue weighted by atomic mass is 32.2. The van der Waals surface area contributed by atoms with Crippen molar-refractivity contribution in [2.24, 2.45) is 0 Å². The van der Waals surface area contributed by atoms with E-state index in [2.05, 4.69) is 13.8 Å². The van der Waals surface area contributed by atoms with Crippen molar-refractivity contribution in [3.8, 4) is 0 Å². The fraction of sp³-hybridized carbons (Fsp3) is 0.857. The molecule has 0 aromatic heterocycles. The number of hydrogen-bond donors (Lipinski definition) is 1. The second-order valence-electron chi connectivity index (χ2n) is 2.70. The maximum absolute atomic E-state index is 7.44. The molecule has 0 bridgehead atoms. The molecule has 0 aliphatic rings. The molecule has 60 valence electrons. The average molecular weight is 160 g/mol. The van der Waals surface area contributed by atoms with Crippen molar-refractivity contribution in [1.29, 1.82) is 5.41 Å². The fourth-order valence-electron chi connectivity index (χ4n) is 0.375. The van der Waals surface area contributed by atoms with Crippen molar-refractivity contribution in [3.63, 3.8) is 0 Å². The molecule has 0 atom stereocenters. The summed E-state index contributed by atoms with van der Waals surface area (Å²) in [6.45, 7) is 4.29. The lowest BCUT2D eigenvalue weighted by Crippen LogP contribution is -2.23. The second-order valence-corrected chi connectivity index (χ2v) is 4.27. The van der Waals surface area contributed by atoms with Gasteiger partial charge < -0.3 is 4.90 Å². The van der Waals surface area contributed by atoms with Gasteiger partial charge in [0, 0.05) is 14.1 Å². The molecule has 1 N–H and O–H groups in total. The van der Waals surface area contributed by atoms with Crippen LogP contribution in [0.25, 0.3) is 0 Å². The van der Waals surface area contributed by atoms with E-state index >= 15 is 0 Å². The largest absolute Gasteiger partial charge is 0.366 e. The zero-order valence-corrected chi connectivity index (χ0v) is 7.96. The van der Waals surface area contributed by atoms with Crippen LogP contribution in [0.2, 0.25) is 0 Å². The Morgan fingerprint density at radius 1 is 1.50 bits per heavy atom. The van der Waals surface area contributed by atoms with Gasteiger partial charge in [-0.05, 0) is 5.25 Å². The van der Waals surface area contributed by atoms with Gasteiger partial charge in [-0.25, -0.2) is 0 Å². The quantitative estimate of drug-likeness (QED) is 0.502.